The molecule has 1 aromatic rings. The van der Waals surface area contributed by atoms with Crippen molar-refractivity contribution >= 4 is 21.8 Å². The Bertz CT molecular complexity index is 629. The van der Waals surface area contributed by atoms with Gasteiger partial charge in [0.1, 0.15) is 0 Å². The molecule has 4 nitrogen and oxygen atoms in total. The van der Waals surface area contributed by atoms with Crippen molar-refractivity contribution in [2.24, 2.45) is 0 Å². The maximum absolute atomic E-state index is 12.6. The van der Waals surface area contributed by atoms with Crippen molar-refractivity contribution < 1.29 is 13.5 Å². The summed E-state index contributed by atoms with van der Waals surface area (Å²) in [4.78, 5) is 0.314. The average molecular weight is 325 g/mol. The van der Waals surface area contributed by atoms with Crippen LogP contribution < -0.4 is 0 Å². The smallest absolute Gasteiger partial charge is 0.243 e. The van der Waals surface area contributed by atoms with Crippen molar-refractivity contribution in [3.05, 3.63) is 29.8 Å². The summed E-state index contributed by atoms with van der Waals surface area (Å²) in [6, 6.07) is 6.65. The molecule has 2 rings (SSSR count). The van der Waals surface area contributed by atoms with E-state index in [0.717, 1.165) is 17.1 Å². The van der Waals surface area contributed by atoms with Crippen LogP contribution in [-0.4, -0.2) is 48.5 Å². The summed E-state index contributed by atoms with van der Waals surface area (Å²) in [6.07, 6.45) is 0.420. The van der Waals surface area contributed by atoms with Crippen molar-refractivity contribution in [2.45, 2.75) is 24.3 Å². The second kappa shape index (κ2) is 7.32. The number of benzene rings is 1. The van der Waals surface area contributed by atoms with Crippen molar-refractivity contribution in [3.8, 4) is 11.8 Å². The van der Waals surface area contributed by atoms with Gasteiger partial charge in [0, 0.05) is 36.1 Å². The van der Waals surface area contributed by atoms with Crippen LogP contribution in [0.15, 0.2) is 29.2 Å². The third-order valence-electron chi connectivity index (χ3n) is 3.24. The normalized spacial score (nSPS) is 19.8. The van der Waals surface area contributed by atoms with Gasteiger partial charge in [0.2, 0.25) is 10.0 Å². The Balaban J connectivity index is 2.19. The van der Waals surface area contributed by atoms with E-state index in [1.807, 2.05) is 6.92 Å². The fraction of sp³-hybridized carbons (Fsp3) is 0.467. The van der Waals surface area contributed by atoms with Gasteiger partial charge in [-0.2, -0.15) is 16.1 Å². The predicted octanol–water partition coefficient (Wildman–Crippen LogP) is 1.55. The number of thioether (sulfide) groups is 1. The van der Waals surface area contributed by atoms with Crippen LogP contribution in [0.1, 0.15) is 18.9 Å². The highest BCUT2D eigenvalue weighted by atomic mass is 32.2. The fourth-order valence-corrected chi connectivity index (χ4v) is 4.99. The number of nitrogens with zero attached hydrogens (tertiary/aromatic N) is 1. The Morgan fingerprint density at radius 2 is 2.10 bits per heavy atom. The molecule has 114 valence electrons. The number of rotatable bonds is 3. The van der Waals surface area contributed by atoms with Crippen LogP contribution in [0.3, 0.4) is 0 Å². The summed E-state index contributed by atoms with van der Waals surface area (Å²) < 4.78 is 26.8. The third kappa shape index (κ3) is 4.01. The van der Waals surface area contributed by atoms with Crippen LogP contribution in [0.4, 0.5) is 0 Å². The second-order valence-corrected chi connectivity index (χ2v) is 7.88. The molecule has 0 spiro atoms. The van der Waals surface area contributed by atoms with E-state index >= 15 is 0 Å². The zero-order chi connectivity index (χ0) is 15.3. The molecule has 1 aliphatic heterocycles. The summed E-state index contributed by atoms with van der Waals surface area (Å²) in [5, 5.41) is 8.68. The zero-order valence-electron chi connectivity index (χ0n) is 11.9. The molecule has 0 amide bonds. The Kier molecular flexibility index (Phi) is 5.71. The van der Waals surface area contributed by atoms with Gasteiger partial charge >= 0.3 is 0 Å². The molecule has 1 fully saturated rings. The maximum atomic E-state index is 12.6. The molecular weight excluding hydrogens is 306 g/mol. The summed E-state index contributed by atoms with van der Waals surface area (Å²) in [5.41, 5.74) is 0.754. The van der Waals surface area contributed by atoms with E-state index in [1.165, 1.54) is 0 Å². The summed E-state index contributed by atoms with van der Waals surface area (Å²) >= 11 is 1.79. The number of hydrogen-bond donors (Lipinski definition) is 1. The first-order valence-electron chi connectivity index (χ1n) is 6.85. The quantitative estimate of drug-likeness (QED) is 0.857. The van der Waals surface area contributed by atoms with Crippen LogP contribution in [0.5, 0.6) is 0 Å². The van der Waals surface area contributed by atoms with E-state index in [-0.39, 0.29) is 12.6 Å². The molecule has 0 radical (unpaired) electrons. The lowest BCUT2D eigenvalue weighted by Crippen LogP contribution is -2.44. The lowest BCUT2D eigenvalue weighted by molar-refractivity contribution is 0.305. The molecule has 1 N–H and O–H groups in total. The summed E-state index contributed by atoms with van der Waals surface area (Å²) in [6.45, 7) is 2.54. The highest BCUT2D eigenvalue weighted by molar-refractivity contribution is 7.99. The topological polar surface area (TPSA) is 57.6 Å². The number of hydrogen-bond acceptors (Lipinski definition) is 4. The lowest BCUT2D eigenvalue weighted by atomic mass is 10.2. The summed E-state index contributed by atoms with van der Waals surface area (Å²) in [5.74, 6) is 7.39. The monoisotopic (exact) mass is 325 g/mol. The molecule has 1 unspecified atom stereocenters. The minimum absolute atomic E-state index is 0.0257. The molecule has 1 heterocycles. The first kappa shape index (κ1) is 16.4. The van der Waals surface area contributed by atoms with Crippen molar-refractivity contribution in [3.63, 3.8) is 0 Å². The Labute approximate surface area is 130 Å². The van der Waals surface area contributed by atoms with Crippen molar-refractivity contribution in [1.82, 2.24) is 4.31 Å². The molecule has 0 bridgehead atoms. The van der Waals surface area contributed by atoms with E-state index in [2.05, 4.69) is 11.8 Å². The Hall–Kier alpha value is -1.00. The highest BCUT2D eigenvalue weighted by Crippen LogP contribution is 2.24. The first-order chi connectivity index (χ1) is 10.1. The van der Waals surface area contributed by atoms with Gasteiger partial charge in [-0.05, 0) is 31.2 Å². The van der Waals surface area contributed by atoms with E-state index in [0.29, 0.717) is 17.9 Å². The average Bonchev–Trinajstić information content (AvgIpc) is 2.48. The fourth-order valence-electron chi connectivity index (χ4n) is 2.14. The van der Waals surface area contributed by atoms with Gasteiger partial charge in [0.15, 0.2) is 0 Å². The van der Waals surface area contributed by atoms with Gasteiger partial charge in [-0.15, -0.1) is 0 Å². The molecule has 0 aromatic heterocycles. The van der Waals surface area contributed by atoms with E-state index in [4.69, 9.17) is 5.11 Å². The molecule has 1 saturated heterocycles. The largest absolute Gasteiger partial charge is 0.395 e. The van der Waals surface area contributed by atoms with Gasteiger partial charge in [-0.1, -0.05) is 11.8 Å². The van der Waals surface area contributed by atoms with Gasteiger partial charge in [0.25, 0.3) is 0 Å². The Morgan fingerprint density at radius 1 is 1.38 bits per heavy atom. The second-order valence-electron chi connectivity index (χ2n) is 4.84. The molecule has 0 saturated carbocycles. The lowest BCUT2D eigenvalue weighted by Gasteiger charge is -2.31. The minimum atomic E-state index is -3.42. The summed E-state index contributed by atoms with van der Waals surface area (Å²) in [7, 11) is -3.42. The van der Waals surface area contributed by atoms with Crippen molar-refractivity contribution in [2.75, 3.05) is 24.7 Å². The third-order valence-corrected chi connectivity index (χ3v) is 6.45. The standard InChI is InChI=1S/C15H19NO3S2/c1-13-12-20-11-9-16(13)21(18,19)15-7-5-14(6-8-15)4-2-3-10-17/h5-8,13,17H,3,9-12H2,1H3. The molecule has 6 heteroatoms. The molecular formula is C15H19NO3S2. The molecule has 0 aliphatic carbocycles. The van der Waals surface area contributed by atoms with Crippen molar-refractivity contribution in [1.29, 1.82) is 0 Å². The van der Waals surface area contributed by atoms with Crippen LogP contribution >= 0.6 is 11.8 Å². The van der Waals surface area contributed by atoms with E-state index in [1.54, 1.807) is 40.3 Å². The van der Waals surface area contributed by atoms with Crippen LogP contribution in [0.25, 0.3) is 0 Å². The highest BCUT2D eigenvalue weighted by Gasteiger charge is 2.30. The van der Waals surface area contributed by atoms with Crippen LogP contribution in [0.2, 0.25) is 0 Å². The van der Waals surface area contributed by atoms with Gasteiger partial charge in [-0.25, -0.2) is 8.42 Å². The van der Waals surface area contributed by atoms with E-state index in [9.17, 15) is 8.42 Å². The predicted molar refractivity (Wildman–Crippen MR) is 85.7 cm³/mol. The van der Waals surface area contributed by atoms with Gasteiger partial charge < -0.3 is 5.11 Å². The zero-order valence-corrected chi connectivity index (χ0v) is 13.6. The van der Waals surface area contributed by atoms with Gasteiger partial charge in [-0.3, -0.25) is 0 Å². The van der Waals surface area contributed by atoms with E-state index < -0.39 is 10.0 Å². The number of sulfonamides is 1. The van der Waals surface area contributed by atoms with Crippen LogP contribution in [0, 0.1) is 11.8 Å². The number of aliphatic hydroxyl groups is 1. The SMILES string of the molecule is CC1CSCCN1S(=O)(=O)c1ccc(C#CCCO)cc1. The van der Waals surface area contributed by atoms with Crippen LogP contribution in [-0.2, 0) is 10.0 Å². The maximum Gasteiger partial charge on any atom is 0.243 e. The molecule has 1 aliphatic rings. The first-order valence-corrected chi connectivity index (χ1v) is 9.44. The molecule has 21 heavy (non-hydrogen) atoms. The Morgan fingerprint density at radius 3 is 2.71 bits per heavy atom. The minimum Gasteiger partial charge on any atom is -0.395 e. The molecule has 1 aromatic carbocycles. The molecule has 1 atom stereocenters. The number of aliphatic hydroxyl groups excluding tert-OH is 1. The van der Waals surface area contributed by atoms with Gasteiger partial charge in [0.05, 0.1) is 11.5 Å².